The molecule has 0 bridgehead atoms. The minimum absolute atomic E-state index is 0.109. The number of benzene rings is 1. The van der Waals surface area contributed by atoms with Crippen molar-refractivity contribution in [1.82, 2.24) is 0 Å². The van der Waals surface area contributed by atoms with Crippen LogP contribution in [0.2, 0.25) is 0 Å². The normalized spacial score (nSPS) is 35.0. The molecular weight excluding hydrogens is 388 g/mol. The molecule has 0 heterocycles. The number of hydrogen-bond donors (Lipinski definition) is 3. The Morgan fingerprint density at radius 2 is 1.73 bits per heavy atom. The van der Waals surface area contributed by atoms with Gasteiger partial charge in [-0.15, -0.1) is 0 Å². The molecule has 3 aliphatic carbocycles. The summed E-state index contributed by atoms with van der Waals surface area (Å²) in [5.74, 6) is 4.17. The largest absolute Gasteiger partial charge is 0.508 e. The number of hydrogen-bond acceptors (Lipinski definition) is 3. The van der Waals surface area contributed by atoms with E-state index in [1.165, 1.54) is 75.3 Å². The molecule has 2 nitrogen and oxygen atoms in total. The average molecular weight is 431 g/mol. The van der Waals surface area contributed by atoms with Crippen LogP contribution in [0.1, 0.15) is 101 Å². The van der Waals surface area contributed by atoms with Crippen LogP contribution in [-0.4, -0.2) is 22.1 Å². The predicted molar refractivity (Wildman–Crippen MR) is 128 cm³/mol. The van der Waals surface area contributed by atoms with E-state index < -0.39 is 0 Å². The Balaban J connectivity index is 1.43. The fraction of sp³-hybridized carbons (Fsp3) is 0.778. The number of aliphatic hydroxyl groups is 1. The van der Waals surface area contributed by atoms with Gasteiger partial charge in [0.2, 0.25) is 0 Å². The third kappa shape index (κ3) is 4.44. The van der Waals surface area contributed by atoms with Crippen LogP contribution in [0.3, 0.4) is 0 Å². The number of phenols is 1. The number of thiol groups is 1. The van der Waals surface area contributed by atoms with Gasteiger partial charge in [0.25, 0.3) is 0 Å². The van der Waals surface area contributed by atoms with Gasteiger partial charge in [-0.25, -0.2) is 0 Å². The highest BCUT2D eigenvalue weighted by Crippen LogP contribution is 2.62. The van der Waals surface area contributed by atoms with E-state index in [0.29, 0.717) is 29.4 Å². The second kappa shape index (κ2) is 9.86. The van der Waals surface area contributed by atoms with E-state index in [4.69, 9.17) is 0 Å². The fourth-order valence-electron chi connectivity index (χ4n) is 7.43. The minimum atomic E-state index is -0.109. The molecular formula is C27H42O2S. The third-order valence-electron chi connectivity index (χ3n) is 9.07. The maximum absolute atomic E-state index is 10.8. The highest BCUT2D eigenvalue weighted by Gasteiger charge is 2.56. The quantitative estimate of drug-likeness (QED) is 0.295. The molecule has 2 saturated carbocycles. The number of phenolic OH excluding ortho intramolecular Hbond substituents is 1. The molecule has 0 saturated heterocycles. The zero-order valence-corrected chi connectivity index (χ0v) is 19.8. The minimum Gasteiger partial charge on any atom is -0.508 e. The Kier molecular flexibility index (Phi) is 7.40. The summed E-state index contributed by atoms with van der Waals surface area (Å²) in [6.07, 6.45) is 16.2. The van der Waals surface area contributed by atoms with Crippen LogP contribution in [0.5, 0.6) is 5.75 Å². The summed E-state index contributed by atoms with van der Waals surface area (Å²) in [5, 5.41) is 20.9. The molecule has 2 fully saturated rings. The maximum Gasteiger partial charge on any atom is 0.115 e. The molecule has 30 heavy (non-hydrogen) atoms. The molecule has 0 spiro atoms. The zero-order valence-electron chi connectivity index (χ0n) is 18.9. The lowest BCUT2D eigenvalue weighted by molar-refractivity contribution is -0.0396. The lowest BCUT2D eigenvalue weighted by atomic mass is 9.52. The molecule has 1 aromatic rings. The average Bonchev–Trinajstić information content (AvgIpc) is 3.04. The Hall–Kier alpha value is -0.670. The van der Waals surface area contributed by atoms with Gasteiger partial charge in [-0.05, 0) is 103 Å². The van der Waals surface area contributed by atoms with Crippen LogP contribution in [-0.2, 0) is 6.42 Å². The molecule has 2 N–H and O–H groups in total. The first-order chi connectivity index (χ1) is 14.5. The van der Waals surface area contributed by atoms with Crippen molar-refractivity contribution in [2.24, 2.45) is 23.2 Å². The van der Waals surface area contributed by atoms with Gasteiger partial charge in [-0.2, -0.15) is 12.6 Å². The SMILES string of the molecule is C[C@]12CC[C@@H]3c4ccc(O)cc4C[C@@H](CCCCCCCCCS)[C@H]3[C@@H]1CC[C@@H]2O. The van der Waals surface area contributed by atoms with E-state index >= 15 is 0 Å². The van der Waals surface area contributed by atoms with Gasteiger partial charge in [0.15, 0.2) is 0 Å². The fourth-order valence-corrected chi connectivity index (χ4v) is 7.66. The van der Waals surface area contributed by atoms with E-state index in [9.17, 15) is 10.2 Å². The number of unbranched alkanes of at least 4 members (excludes halogenated alkanes) is 6. The Bertz CT molecular complexity index is 704. The molecule has 0 aromatic heterocycles. The predicted octanol–water partition coefficient (Wildman–Crippen LogP) is 6.89. The van der Waals surface area contributed by atoms with Gasteiger partial charge >= 0.3 is 0 Å². The number of rotatable bonds is 9. The van der Waals surface area contributed by atoms with Crippen LogP contribution in [0, 0.1) is 23.2 Å². The number of aromatic hydroxyl groups is 1. The van der Waals surface area contributed by atoms with Crippen LogP contribution >= 0.6 is 12.6 Å². The lowest BCUT2D eigenvalue weighted by Gasteiger charge is -2.53. The first-order valence-electron chi connectivity index (χ1n) is 12.7. The summed E-state index contributed by atoms with van der Waals surface area (Å²) in [6, 6.07) is 6.13. The Labute approximate surface area is 189 Å². The summed E-state index contributed by atoms with van der Waals surface area (Å²) in [5.41, 5.74) is 3.03. The van der Waals surface area contributed by atoms with E-state index in [-0.39, 0.29) is 11.5 Å². The summed E-state index contributed by atoms with van der Waals surface area (Å²) >= 11 is 4.31. The van der Waals surface area contributed by atoms with Crippen molar-refractivity contribution in [3.63, 3.8) is 0 Å². The summed E-state index contributed by atoms with van der Waals surface area (Å²) in [4.78, 5) is 0. The van der Waals surface area contributed by atoms with E-state index in [2.05, 4.69) is 25.6 Å². The standard InChI is InChI=1S/C27H42O2S/c1-27-15-14-23-22-11-10-21(28)18-20(22)17-19(26(23)24(27)12-13-25(27)29)9-7-5-3-2-4-6-8-16-30/h10-11,18-19,23-26,28-30H,2-9,12-17H2,1H3/t19-,23-,24+,25+,26-,27+/m1/s1. The number of aliphatic hydroxyl groups excluding tert-OH is 1. The van der Waals surface area contributed by atoms with Crippen molar-refractivity contribution < 1.29 is 10.2 Å². The maximum atomic E-state index is 10.8. The van der Waals surface area contributed by atoms with Gasteiger partial charge in [0, 0.05) is 0 Å². The smallest absolute Gasteiger partial charge is 0.115 e. The molecule has 1 aromatic carbocycles. The van der Waals surface area contributed by atoms with Gasteiger partial charge in [0.05, 0.1) is 6.10 Å². The van der Waals surface area contributed by atoms with Crippen LogP contribution in [0.25, 0.3) is 0 Å². The van der Waals surface area contributed by atoms with Crippen molar-refractivity contribution in [3.8, 4) is 5.75 Å². The van der Waals surface area contributed by atoms with E-state index in [1.807, 2.05) is 12.1 Å². The van der Waals surface area contributed by atoms with E-state index in [0.717, 1.165) is 25.0 Å². The number of fused-ring (bicyclic) bond motifs is 5. The van der Waals surface area contributed by atoms with Gasteiger partial charge in [0.1, 0.15) is 5.75 Å². The monoisotopic (exact) mass is 430 g/mol. The summed E-state index contributed by atoms with van der Waals surface area (Å²) < 4.78 is 0. The molecule has 0 aliphatic heterocycles. The van der Waals surface area contributed by atoms with Crippen molar-refractivity contribution >= 4 is 12.6 Å². The topological polar surface area (TPSA) is 40.5 Å². The summed E-state index contributed by atoms with van der Waals surface area (Å²) in [7, 11) is 0. The van der Waals surface area contributed by atoms with Crippen molar-refractivity contribution in [2.75, 3.05) is 5.75 Å². The van der Waals surface area contributed by atoms with Crippen LogP contribution < -0.4 is 0 Å². The zero-order chi connectivity index (χ0) is 21.1. The Morgan fingerprint density at radius 1 is 1.00 bits per heavy atom. The van der Waals surface area contributed by atoms with Crippen LogP contribution in [0.15, 0.2) is 18.2 Å². The first kappa shape index (κ1) is 22.5. The van der Waals surface area contributed by atoms with Crippen LogP contribution in [0.4, 0.5) is 0 Å². The first-order valence-corrected chi connectivity index (χ1v) is 13.3. The van der Waals surface area contributed by atoms with Gasteiger partial charge in [-0.3, -0.25) is 0 Å². The molecule has 0 unspecified atom stereocenters. The molecule has 3 aliphatic rings. The second-order valence-electron chi connectivity index (χ2n) is 10.8. The van der Waals surface area contributed by atoms with E-state index in [1.54, 1.807) is 0 Å². The molecule has 6 atom stereocenters. The Morgan fingerprint density at radius 3 is 2.50 bits per heavy atom. The molecule has 3 heteroatoms. The molecule has 0 radical (unpaired) electrons. The van der Waals surface area contributed by atoms with Gasteiger partial charge < -0.3 is 10.2 Å². The lowest BCUT2D eigenvalue weighted by Crippen LogP contribution is -2.47. The highest BCUT2D eigenvalue weighted by atomic mass is 32.1. The molecule has 168 valence electrons. The van der Waals surface area contributed by atoms with Crippen molar-refractivity contribution in [2.45, 2.75) is 102 Å². The van der Waals surface area contributed by atoms with Crippen molar-refractivity contribution in [1.29, 1.82) is 0 Å². The third-order valence-corrected chi connectivity index (χ3v) is 9.38. The molecule has 4 rings (SSSR count). The van der Waals surface area contributed by atoms with Gasteiger partial charge in [-0.1, -0.05) is 51.5 Å². The second-order valence-corrected chi connectivity index (χ2v) is 11.2. The van der Waals surface area contributed by atoms with Crippen molar-refractivity contribution in [3.05, 3.63) is 29.3 Å². The summed E-state index contributed by atoms with van der Waals surface area (Å²) in [6.45, 7) is 2.37. The molecule has 0 amide bonds. The highest BCUT2D eigenvalue weighted by molar-refractivity contribution is 7.80.